The second-order valence-electron chi connectivity index (χ2n) is 3.50. The molecule has 17 heavy (non-hydrogen) atoms. The van der Waals surface area contributed by atoms with Crippen LogP contribution in [-0.2, 0) is 6.54 Å². The maximum atomic E-state index is 8.86. The molecule has 0 spiro atoms. The molecule has 92 valence electrons. The summed E-state index contributed by atoms with van der Waals surface area (Å²) < 4.78 is 1.05. The molecule has 1 aliphatic heterocycles. The van der Waals surface area contributed by atoms with Crippen LogP contribution in [0.25, 0.3) is 0 Å². The molecule has 0 radical (unpaired) electrons. The van der Waals surface area contributed by atoms with Gasteiger partial charge in [-0.3, -0.25) is 10.4 Å². The fourth-order valence-corrected chi connectivity index (χ4v) is 1.68. The molecule has 1 saturated heterocycles. The Bertz CT molecular complexity index is 394. The highest BCUT2D eigenvalue weighted by Crippen LogP contribution is 2.11. The van der Waals surface area contributed by atoms with Crippen LogP contribution in [0.2, 0.25) is 0 Å². The Labute approximate surface area is 108 Å². The van der Waals surface area contributed by atoms with Crippen LogP contribution in [-0.4, -0.2) is 29.2 Å². The van der Waals surface area contributed by atoms with Crippen LogP contribution in [0.4, 0.5) is 0 Å². The third-order valence-corrected chi connectivity index (χ3v) is 2.80. The quantitative estimate of drug-likeness (QED) is 0.636. The lowest BCUT2D eigenvalue weighted by molar-refractivity contribution is 0.214. The molecule has 4 N–H and O–H groups in total. The second kappa shape index (κ2) is 5.97. The van der Waals surface area contributed by atoms with Crippen LogP contribution in [0.3, 0.4) is 0 Å². The summed E-state index contributed by atoms with van der Waals surface area (Å²) in [5.74, 6) is 0.668. The summed E-state index contributed by atoms with van der Waals surface area (Å²) in [6.07, 6.45) is 0. The molecule has 6 nitrogen and oxygen atoms in total. The molecule has 7 heteroatoms. The topological polar surface area (TPSA) is 71.9 Å². The Morgan fingerprint density at radius 3 is 2.76 bits per heavy atom. The van der Waals surface area contributed by atoms with Gasteiger partial charge in [-0.1, -0.05) is 28.1 Å². The fourth-order valence-electron chi connectivity index (χ4n) is 1.41. The number of hydrazine groups is 3. The van der Waals surface area contributed by atoms with Crippen LogP contribution >= 0.6 is 15.9 Å². The van der Waals surface area contributed by atoms with Crippen molar-refractivity contribution >= 4 is 21.9 Å². The van der Waals surface area contributed by atoms with Gasteiger partial charge in [-0.25, -0.2) is 4.99 Å². The number of aliphatic hydroxyl groups excluding tert-OH is 1. The van der Waals surface area contributed by atoms with E-state index in [0.717, 1.165) is 10.0 Å². The van der Waals surface area contributed by atoms with Crippen molar-refractivity contribution in [1.29, 1.82) is 0 Å². The van der Waals surface area contributed by atoms with Crippen molar-refractivity contribution in [2.24, 2.45) is 4.99 Å². The van der Waals surface area contributed by atoms with Gasteiger partial charge in [-0.2, -0.15) is 5.53 Å². The molecule has 2 rings (SSSR count). The summed E-state index contributed by atoms with van der Waals surface area (Å²) in [6, 6.07) is 8.00. The third kappa shape index (κ3) is 3.40. The van der Waals surface area contributed by atoms with Gasteiger partial charge in [0.05, 0.1) is 19.7 Å². The van der Waals surface area contributed by atoms with Crippen LogP contribution in [0.5, 0.6) is 0 Å². The van der Waals surface area contributed by atoms with Crippen molar-refractivity contribution in [1.82, 2.24) is 21.5 Å². The first kappa shape index (κ1) is 12.3. The van der Waals surface area contributed by atoms with Crippen LogP contribution in [0.15, 0.2) is 33.7 Å². The van der Waals surface area contributed by atoms with Crippen molar-refractivity contribution in [3.8, 4) is 0 Å². The van der Waals surface area contributed by atoms with E-state index in [1.165, 1.54) is 0 Å². The van der Waals surface area contributed by atoms with Gasteiger partial charge in [0.2, 0.25) is 5.96 Å². The zero-order valence-electron chi connectivity index (χ0n) is 9.15. The van der Waals surface area contributed by atoms with Gasteiger partial charge in [0.1, 0.15) is 0 Å². The third-order valence-electron chi connectivity index (χ3n) is 2.27. The standard InChI is InChI=1S/C10H14BrN5O/c11-9-3-1-8(2-4-9)7-12-10-13-14-15-16(10)5-6-17/h1-4,14-15,17H,5-7H2,(H,12,13). The number of guanidine groups is 1. The Kier molecular flexibility index (Phi) is 4.32. The summed E-state index contributed by atoms with van der Waals surface area (Å²) >= 11 is 3.39. The van der Waals surface area contributed by atoms with Gasteiger partial charge in [0, 0.05) is 4.47 Å². The predicted molar refractivity (Wildman–Crippen MR) is 68.5 cm³/mol. The highest BCUT2D eigenvalue weighted by molar-refractivity contribution is 9.10. The zero-order chi connectivity index (χ0) is 12.1. The lowest BCUT2D eigenvalue weighted by Crippen LogP contribution is -2.39. The van der Waals surface area contributed by atoms with E-state index in [0.29, 0.717) is 19.0 Å². The normalized spacial score (nSPS) is 17.5. The number of nitrogens with zero attached hydrogens (tertiary/aromatic N) is 2. The van der Waals surface area contributed by atoms with E-state index in [-0.39, 0.29) is 6.61 Å². The first-order valence-electron chi connectivity index (χ1n) is 5.23. The van der Waals surface area contributed by atoms with E-state index in [9.17, 15) is 0 Å². The maximum absolute atomic E-state index is 8.86. The molecule has 1 fully saturated rings. The minimum atomic E-state index is 0.0632. The second-order valence-corrected chi connectivity index (χ2v) is 4.42. The largest absolute Gasteiger partial charge is 0.394 e. The molecular weight excluding hydrogens is 286 g/mol. The number of benzene rings is 1. The molecule has 0 bridgehead atoms. The number of aliphatic hydroxyl groups is 1. The van der Waals surface area contributed by atoms with E-state index >= 15 is 0 Å². The van der Waals surface area contributed by atoms with Crippen LogP contribution in [0.1, 0.15) is 5.56 Å². The average Bonchev–Trinajstić information content (AvgIpc) is 2.77. The Morgan fingerprint density at radius 2 is 2.06 bits per heavy atom. The van der Waals surface area contributed by atoms with Crippen LogP contribution < -0.4 is 16.5 Å². The van der Waals surface area contributed by atoms with E-state index in [4.69, 9.17) is 5.11 Å². The molecule has 1 aromatic rings. The van der Waals surface area contributed by atoms with Gasteiger partial charge in [-0.05, 0) is 17.7 Å². The molecule has 0 aromatic heterocycles. The highest BCUT2D eigenvalue weighted by Gasteiger charge is 2.15. The van der Waals surface area contributed by atoms with Gasteiger partial charge < -0.3 is 5.11 Å². The first-order chi connectivity index (χ1) is 8.29. The fraction of sp³-hybridized carbons (Fsp3) is 0.300. The molecule has 1 heterocycles. The van der Waals surface area contributed by atoms with Crippen molar-refractivity contribution < 1.29 is 5.11 Å². The molecule has 0 unspecified atom stereocenters. The molecule has 1 aliphatic rings. The molecule has 0 saturated carbocycles. The Morgan fingerprint density at radius 1 is 1.29 bits per heavy atom. The zero-order valence-corrected chi connectivity index (χ0v) is 10.7. The number of halogens is 1. The summed E-state index contributed by atoms with van der Waals surface area (Å²) in [5.41, 5.74) is 9.55. The lowest BCUT2D eigenvalue weighted by atomic mass is 10.2. The van der Waals surface area contributed by atoms with Crippen molar-refractivity contribution in [3.05, 3.63) is 34.3 Å². The van der Waals surface area contributed by atoms with Crippen LogP contribution in [0, 0.1) is 0 Å². The van der Waals surface area contributed by atoms with Gasteiger partial charge in [0.15, 0.2) is 0 Å². The monoisotopic (exact) mass is 299 g/mol. The summed E-state index contributed by atoms with van der Waals surface area (Å²) in [4.78, 5) is 4.40. The smallest absolute Gasteiger partial charge is 0.226 e. The molecule has 0 atom stereocenters. The highest BCUT2D eigenvalue weighted by atomic mass is 79.9. The number of β-amino-alcohol motifs (C(OH)–C–C–N with tert-alkyl or cyclic N) is 1. The average molecular weight is 300 g/mol. The maximum Gasteiger partial charge on any atom is 0.226 e. The first-order valence-corrected chi connectivity index (χ1v) is 6.03. The molecule has 1 aromatic carbocycles. The molecule has 0 aliphatic carbocycles. The van der Waals surface area contributed by atoms with Gasteiger partial charge in [-0.15, -0.1) is 5.53 Å². The van der Waals surface area contributed by atoms with Crippen molar-refractivity contribution in [2.45, 2.75) is 6.54 Å². The summed E-state index contributed by atoms with van der Waals surface area (Å²) in [5, 5.41) is 10.6. The minimum absolute atomic E-state index is 0.0632. The van der Waals surface area contributed by atoms with Crippen molar-refractivity contribution in [3.63, 3.8) is 0 Å². The van der Waals surface area contributed by atoms with E-state index in [1.807, 2.05) is 24.3 Å². The van der Waals surface area contributed by atoms with E-state index in [1.54, 1.807) is 5.01 Å². The predicted octanol–water partition coefficient (Wildman–Crippen LogP) is 0.127. The Balaban J connectivity index is 1.97. The number of hydrogen-bond acceptors (Lipinski definition) is 4. The number of nitrogens with one attached hydrogen (secondary N) is 3. The number of hydrogen-bond donors (Lipinski definition) is 4. The van der Waals surface area contributed by atoms with Gasteiger partial charge >= 0.3 is 0 Å². The summed E-state index contributed by atoms with van der Waals surface area (Å²) in [6.45, 7) is 1.12. The molecule has 0 amide bonds. The molecular formula is C10H14BrN5O. The number of aliphatic imine (C=N–C) groups is 1. The minimum Gasteiger partial charge on any atom is -0.394 e. The van der Waals surface area contributed by atoms with Crippen molar-refractivity contribution in [2.75, 3.05) is 13.2 Å². The number of rotatable bonds is 4. The van der Waals surface area contributed by atoms with E-state index < -0.39 is 0 Å². The lowest BCUT2D eigenvalue weighted by Gasteiger charge is -2.13. The van der Waals surface area contributed by atoms with E-state index in [2.05, 4.69) is 37.4 Å². The summed E-state index contributed by atoms with van der Waals surface area (Å²) in [7, 11) is 0. The Hall–Kier alpha value is -1.15. The SMILES string of the molecule is OCCN1NNNC1=NCc1ccc(Br)cc1. The van der Waals surface area contributed by atoms with Gasteiger partial charge in [0.25, 0.3) is 0 Å².